The molecule has 0 unspecified atom stereocenters. The maximum atomic E-state index is 12.2. The second-order valence-electron chi connectivity index (χ2n) is 6.21. The van der Waals surface area contributed by atoms with Crippen molar-refractivity contribution in [3.05, 3.63) is 23.3 Å². The number of thiazole rings is 1. The molecule has 1 N–H and O–H groups in total. The molecule has 1 heterocycles. The van der Waals surface area contributed by atoms with Crippen LogP contribution in [0.25, 0.3) is 10.2 Å². The summed E-state index contributed by atoms with van der Waals surface area (Å²) in [6.07, 6.45) is 6.93. The van der Waals surface area contributed by atoms with Gasteiger partial charge in [0.25, 0.3) is 0 Å². The number of nitrogens with one attached hydrogen (secondary N) is 1. The number of benzene rings is 1. The van der Waals surface area contributed by atoms with E-state index in [1.54, 1.807) is 11.3 Å². The predicted molar refractivity (Wildman–Crippen MR) is 88.9 cm³/mol. The van der Waals surface area contributed by atoms with Crippen LogP contribution in [0.15, 0.2) is 12.1 Å². The van der Waals surface area contributed by atoms with Gasteiger partial charge in [-0.2, -0.15) is 0 Å². The number of aromatic nitrogens is 1. The molecule has 1 saturated carbocycles. The van der Waals surface area contributed by atoms with Crippen LogP contribution in [0.4, 0.5) is 5.13 Å². The molecule has 1 amide bonds. The Morgan fingerprint density at radius 1 is 1.29 bits per heavy atom. The minimum atomic E-state index is 0.121. The summed E-state index contributed by atoms with van der Waals surface area (Å²) in [5, 5.41) is 3.73. The number of hydrogen-bond acceptors (Lipinski definition) is 3. The molecular weight excluding hydrogens is 280 g/mol. The topological polar surface area (TPSA) is 42.0 Å². The van der Waals surface area contributed by atoms with E-state index < -0.39 is 0 Å². The number of amides is 1. The Hall–Kier alpha value is -1.42. The van der Waals surface area contributed by atoms with E-state index in [-0.39, 0.29) is 5.91 Å². The molecular formula is C17H22N2OS. The number of carbonyl (C=O) groups is 1. The smallest absolute Gasteiger partial charge is 0.226 e. The van der Waals surface area contributed by atoms with E-state index in [0.29, 0.717) is 12.3 Å². The van der Waals surface area contributed by atoms with Gasteiger partial charge in [0, 0.05) is 6.42 Å². The number of anilines is 1. The lowest BCUT2D eigenvalue weighted by atomic mass is 9.87. The van der Waals surface area contributed by atoms with Crippen LogP contribution >= 0.6 is 11.3 Å². The molecule has 0 radical (unpaired) electrons. The van der Waals surface area contributed by atoms with Crippen molar-refractivity contribution in [2.75, 3.05) is 5.32 Å². The third kappa shape index (κ3) is 3.43. The van der Waals surface area contributed by atoms with Crippen molar-refractivity contribution in [1.82, 2.24) is 4.98 Å². The maximum Gasteiger partial charge on any atom is 0.226 e. The first-order chi connectivity index (χ1) is 10.1. The van der Waals surface area contributed by atoms with Crippen LogP contribution in [0.3, 0.4) is 0 Å². The van der Waals surface area contributed by atoms with Crippen molar-refractivity contribution in [2.24, 2.45) is 5.92 Å². The lowest BCUT2D eigenvalue weighted by Crippen LogP contribution is -2.18. The highest BCUT2D eigenvalue weighted by Crippen LogP contribution is 2.31. The van der Waals surface area contributed by atoms with E-state index in [1.807, 2.05) is 0 Å². The number of rotatable bonds is 3. The summed E-state index contributed by atoms with van der Waals surface area (Å²) >= 11 is 1.58. The highest BCUT2D eigenvalue weighted by atomic mass is 32.1. The van der Waals surface area contributed by atoms with E-state index in [2.05, 4.69) is 36.3 Å². The van der Waals surface area contributed by atoms with Crippen LogP contribution in [-0.4, -0.2) is 10.9 Å². The molecule has 1 aliphatic carbocycles. The third-order valence-corrected chi connectivity index (χ3v) is 5.39. The molecule has 1 aliphatic rings. The summed E-state index contributed by atoms with van der Waals surface area (Å²) in [7, 11) is 0. The predicted octanol–water partition coefficient (Wildman–Crippen LogP) is 4.82. The molecule has 0 aliphatic heterocycles. The average Bonchev–Trinajstić information content (AvgIpc) is 2.82. The minimum absolute atomic E-state index is 0.121. The highest BCUT2D eigenvalue weighted by Gasteiger charge is 2.18. The van der Waals surface area contributed by atoms with E-state index in [9.17, 15) is 4.79 Å². The second-order valence-corrected chi connectivity index (χ2v) is 7.20. The third-order valence-electron chi connectivity index (χ3n) is 4.27. The van der Waals surface area contributed by atoms with Crippen molar-refractivity contribution in [1.29, 1.82) is 0 Å². The van der Waals surface area contributed by atoms with Crippen LogP contribution in [0.1, 0.15) is 49.7 Å². The van der Waals surface area contributed by atoms with Crippen LogP contribution in [0.2, 0.25) is 0 Å². The van der Waals surface area contributed by atoms with Crippen LogP contribution in [0.5, 0.6) is 0 Å². The second kappa shape index (κ2) is 6.14. The maximum absolute atomic E-state index is 12.2. The van der Waals surface area contributed by atoms with E-state index >= 15 is 0 Å². The summed E-state index contributed by atoms with van der Waals surface area (Å²) in [5.41, 5.74) is 3.44. The standard InChI is InChI=1S/C17H22N2OS/c1-11-8-12(2)16-14(9-11)18-17(21-16)19-15(20)10-13-6-4-3-5-7-13/h8-9,13H,3-7,10H2,1-2H3,(H,18,19,20). The molecule has 0 atom stereocenters. The molecule has 0 saturated heterocycles. The van der Waals surface area contributed by atoms with E-state index in [1.165, 1.54) is 47.9 Å². The van der Waals surface area contributed by atoms with Crippen LogP contribution < -0.4 is 5.32 Å². The molecule has 4 heteroatoms. The molecule has 3 nitrogen and oxygen atoms in total. The van der Waals surface area contributed by atoms with Crippen molar-refractivity contribution >= 4 is 32.6 Å². The molecule has 21 heavy (non-hydrogen) atoms. The molecule has 1 fully saturated rings. The van der Waals surface area contributed by atoms with Gasteiger partial charge in [0.05, 0.1) is 10.2 Å². The van der Waals surface area contributed by atoms with Gasteiger partial charge in [-0.05, 0) is 49.8 Å². The Bertz CT molecular complexity index is 656. The van der Waals surface area contributed by atoms with Gasteiger partial charge < -0.3 is 5.32 Å². The summed E-state index contributed by atoms with van der Waals surface area (Å²) in [6.45, 7) is 4.17. The summed E-state index contributed by atoms with van der Waals surface area (Å²) < 4.78 is 1.17. The van der Waals surface area contributed by atoms with Crippen molar-refractivity contribution in [3.63, 3.8) is 0 Å². The first kappa shape index (κ1) is 14.5. The molecule has 112 valence electrons. The fourth-order valence-corrected chi connectivity index (χ4v) is 4.19. The van der Waals surface area contributed by atoms with Gasteiger partial charge in [0.1, 0.15) is 0 Å². The average molecular weight is 302 g/mol. The van der Waals surface area contributed by atoms with Crippen LogP contribution in [-0.2, 0) is 4.79 Å². The quantitative estimate of drug-likeness (QED) is 0.883. The van der Waals surface area contributed by atoms with E-state index in [0.717, 1.165) is 10.6 Å². The van der Waals surface area contributed by atoms with Crippen molar-refractivity contribution in [2.45, 2.75) is 52.4 Å². The fraction of sp³-hybridized carbons (Fsp3) is 0.529. The van der Waals surface area contributed by atoms with Gasteiger partial charge in [0.2, 0.25) is 5.91 Å². The zero-order valence-corrected chi connectivity index (χ0v) is 13.6. The number of carbonyl (C=O) groups excluding carboxylic acids is 1. The van der Waals surface area contributed by atoms with E-state index in [4.69, 9.17) is 0 Å². The van der Waals surface area contributed by atoms with Crippen molar-refractivity contribution < 1.29 is 4.79 Å². The van der Waals surface area contributed by atoms with Gasteiger partial charge in [-0.1, -0.05) is 36.7 Å². The Morgan fingerprint density at radius 2 is 2.05 bits per heavy atom. The normalized spacial score (nSPS) is 16.3. The fourth-order valence-electron chi connectivity index (χ4n) is 3.25. The number of nitrogens with zero attached hydrogens (tertiary/aromatic N) is 1. The largest absolute Gasteiger partial charge is 0.302 e. The first-order valence-electron chi connectivity index (χ1n) is 7.79. The van der Waals surface area contributed by atoms with Gasteiger partial charge in [0.15, 0.2) is 5.13 Å². The molecule has 1 aromatic carbocycles. The molecule has 0 spiro atoms. The number of aryl methyl sites for hydroxylation is 2. The Labute approximate surface area is 129 Å². The van der Waals surface area contributed by atoms with Gasteiger partial charge in [-0.3, -0.25) is 4.79 Å². The first-order valence-corrected chi connectivity index (χ1v) is 8.61. The lowest BCUT2D eigenvalue weighted by Gasteiger charge is -2.20. The van der Waals surface area contributed by atoms with Crippen molar-refractivity contribution in [3.8, 4) is 0 Å². The Morgan fingerprint density at radius 3 is 2.81 bits per heavy atom. The summed E-state index contributed by atoms with van der Waals surface area (Å²) in [4.78, 5) is 16.7. The Balaban J connectivity index is 1.69. The minimum Gasteiger partial charge on any atom is -0.302 e. The van der Waals surface area contributed by atoms with Crippen LogP contribution in [0, 0.1) is 19.8 Å². The lowest BCUT2D eigenvalue weighted by molar-refractivity contribution is -0.117. The summed E-state index contributed by atoms with van der Waals surface area (Å²) in [6, 6.07) is 4.24. The highest BCUT2D eigenvalue weighted by molar-refractivity contribution is 7.22. The molecule has 0 bridgehead atoms. The molecule has 1 aromatic heterocycles. The number of fused-ring (bicyclic) bond motifs is 1. The van der Waals surface area contributed by atoms with Gasteiger partial charge in [-0.15, -0.1) is 0 Å². The van der Waals surface area contributed by atoms with Gasteiger partial charge >= 0.3 is 0 Å². The van der Waals surface area contributed by atoms with Gasteiger partial charge in [-0.25, -0.2) is 4.98 Å². The zero-order valence-electron chi connectivity index (χ0n) is 12.7. The molecule has 2 aromatic rings. The SMILES string of the molecule is Cc1cc(C)c2sc(NC(=O)CC3CCCCC3)nc2c1. The molecule has 3 rings (SSSR count). The zero-order chi connectivity index (χ0) is 14.8. The number of hydrogen-bond donors (Lipinski definition) is 1. The Kier molecular flexibility index (Phi) is 4.24. The monoisotopic (exact) mass is 302 g/mol. The summed E-state index contributed by atoms with van der Waals surface area (Å²) in [5.74, 6) is 0.687.